The monoisotopic (exact) mass is 140 g/mol. The predicted octanol–water partition coefficient (Wildman–Crippen LogP) is -0.892. The van der Waals surface area contributed by atoms with Crippen molar-refractivity contribution in [3.63, 3.8) is 0 Å². The van der Waals surface area contributed by atoms with Gasteiger partial charge in [0.25, 0.3) is 0 Å². The van der Waals surface area contributed by atoms with Crippen LogP contribution in [0.1, 0.15) is 0 Å². The Hall–Kier alpha value is -0.610. The minimum absolute atomic E-state index is 0.955. The number of hydrogen-bond donors (Lipinski definition) is 1. The molecule has 2 aliphatic rings. The zero-order chi connectivity index (χ0) is 6.81. The molecule has 0 aliphatic carbocycles. The van der Waals surface area contributed by atoms with Crippen molar-refractivity contribution >= 4 is 6.34 Å². The number of nitrogens with one attached hydrogen (secondary N) is 1. The van der Waals surface area contributed by atoms with Crippen LogP contribution in [0.2, 0.25) is 0 Å². The average molecular weight is 140 g/mol. The highest BCUT2D eigenvalue weighted by molar-refractivity contribution is 5.56. The lowest BCUT2D eigenvalue weighted by molar-refractivity contribution is 0.0905. The van der Waals surface area contributed by atoms with Crippen LogP contribution in [0.5, 0.6) is 0 Å². The molecule has 56 valence electrons. The molecule has 4 nitrogen and oxygen atoms in total. The van der Waals surface area contributed by atoms with Crippen molar-refractivity contribution in [1.29, 1.82) is 0 Å². The molecule has 0 bridgehead atoms. The molecule has 0 spiro atoms. The minimum Gasteiger partial charge on any atom is -0.302 e. The summed E-state index contributed by atoms with van der Waals surface area (Å²) in [6.45, 7) is 5.21. The quantitative estimate of drug-likeness (QED) is 0.512. The first-order valence-electron chi connectivity index (χ1n) is 3.69. The molecule has 0 unspecified atom stereocenters. The van der Waals surface area contributed by atoms with E-state index in [-0.39, 0.29) is 0 Å². The highest BCUT2D eigenvalue weighted by Crippen LogP contribution is 2.01. The van der Waals surface area contributed by atoms with Gasteiger partial charge in [-0.25, -0.2) is 5.01 Å². The van der Waals surface area contributed by atoms with Crippen molar-refractivity contribution in [2.45, 2.75) is 0 Å². The lowest BCUT2D eigenvalue weighted by Gasteiger charge is -2.24. The maximum atomic E-state index is 4.14. The summed E-state index contributed by atoms with van der Waals surface area (Å²) >= 11 is 0. The van der Waals surface area contributed by atoms with Gasteiger partial charge in [0.1, 0.15) is 0 Å². The largest absolute Gasteiger partial charge is 0.302 e. The Morgan fingerprint density at radius 3 is 3.00 bits per heavy atom. The number of aliphatic imine (C=N–C) groups is 1. The molecule has 2 heterocycles. The summed E-state index contributed by atoms with van der Waals surface area (Å²) in [6, 6.07) is 0. The van der Waals surface area contributed by atoms with Crippen molar-refractivity contribution in [1.82, 2.24) is 15.3 Å². The van der Waals surface area contributed by atoms with Crippen LogP contribution in [0, 0.1) is 0 Å². The van der Waals surface area contributed by atoms with E-state index < -0.39 is 0 Å². The molecule has 2 aliphatic heterocycles. The molecule has 1 N–H and O–H groups in total. The molecule has 0 radical (unpaired) electrons. The van der Waals surface area contributed by atoms with Crippen molar-refractivity contribution in [2.75, 3.05) is 32.8 Å². The van der Waals surface area contributed by atoms with Crippen LogP contribution in [0.15, 0.2) is 4.99 Å². The first-order chi connectivity index (χ1) is 4.97. The second kappa shape index (κ2) is 2.56. The Morgan fingerprint density at radius 2 is 2.40 bits per heavy atom. The van der Waals surface area contributed by atoms with Gasteiger partial charge < -0.3 is 5.32 Å². The Balaban J connectivity index is 1.91. The molecule has 2 rings (SSSR count). The topological polar surface area (TPSA) is 30.9 Å². The van der Waals surface area contributed by atoms with Crippen molar-refractivity contribution in [2.24, 2.45) is 4.99 Å². The number of nitrogens with zero attached hydrogens (tertiary/aromatic N) is 3. The lowest BCUT2D eigenvalue weighted by Crippen LogP contribution is -2.39. The summed E-state index contributed by atoms with van der Waals surface area (Å²) < 4.78 is 0. The molecule has 0 saturated carbocycles. The second-order valence-corrected chi connectivity index (χ2v) is 2.57. The van der Waals surface area contributed by atoms with Crippen molar-refractivity contribution in [3.8, 4) is 0 Å². The van der Waals surface area contributed by atoms with Crippen LogP contribution in [0.3, 0.4) is 0 Å². The Morgan fingerprint density at radius 1 is 1.40 bits per heavy atom. The van der Waals surface area contributed by atoms with E-state index in [0.29, 0.717) is 0 Å². The standard InChI is InChI=1S/C6H12N4/c1-3-9(5-7-1)10-4-2-8-6-10/h5,8H,1-4,6H2. The molecular weight excluding hydrogens is 128 g/mol. The SMILES string of the molecule is C1=NCCN1N1CCNC1. The van der Waals surface area contributed by atoms with E-state index in [2.05, 4.69) is 20.3 Å². The fourth-order valence-electron chi connectivity index (χ4n) is 1.30. The van der Waals surface area contributed by atoms with Crippen LogP contribution in [-0.2, 0) is 0 Å². The third kappa shape index (κ3) is 0.998. The first kappa shape index (κ1) is 6.12. The van der Waals surface area contributed by atoms with E-state index in [1.165, 1.54) is 0 Å². The van der Waals surface area contributed by atoms with Gasteiger partial charge in [-0.1, -0.05) is 0 Å². The predicted molar refractivity (Wildman–Crippen MR) is 39.6 cm³/mol. The third-order valence-corrected chi connectivity index (χ3v) is 1.88. The first-order valence-corrected chi connectivity index (χ1v) is 3.69. The van der Waals surface area contributed by atoms with Crippen LogP contribution >= 0.6 is 0 Å². The van der Waals surface area contributed by atoms with Gasteiger partial charge in [0.05, 0.1) is 26.1 Å². The van der Waals surface area contributed by atoms with E-state index in [1.807, 2.05) is 6.34 Å². The zero-order valence-electron chi connectivity index (χ0n) is 5.95. The highest BCUT2D eigenvalue weighted by atomic mass is 15.7. The molecule has 0 atom stereocenters. The molecule has 1 fully saturated rings. The lowest BCUT2D eigenvalue weighted by atomic mass is 10.6. The normalized spacial score (nSPS) is 26.6. The van der Waals surface area contributed by atoms with Crippen LogP contribution in [0.4, 0.5) is 0 Å². The Kier molecular flexibility index (Phi) is 1.56. The molecule has 10 heavy (non-hydrogen) atoms. The molecular formula is C6H12N4. The fourth-order valence-corrected chi connectivity index (χ4v) is 1.30. The number of hydrogen-bond acceptors (Lipinski definition) is 4. The summed E-state index contributed by atoms with van der Waals surface area (Å²) in [5.41, 5.74) is 0. The van der Waals surface area contributed by atoms with Crippen molar-refractivity contribution < 1.29 is 0 Å². The third-order valence-electron chi connectivity index (χ3n) is 1.88. The summed E-state index contributed by atoms with van der Waals surface area (Å²) in [7, 11) is 0. The minimum atomic E-state index is 0.955. The van der Waals surface area contributed by atoms with Gasteiger partial charge in [-0.3, -0.25) is 10.0 Å². The summed E-state index contributed by atoms with van der Waals surface area (Å²) in [4.78, 5) is 4.14. The number of rotatable bonds is 1. The molecule has 0 amide bonds. The van der Waals surface area contributed by atoms with E-state index in [0.717, 1.165) is 32.8 Å². The van der Waals surface area contributed by atoms with Gasteiger partial charge in [0, 0.05) is 13.1 Å². The van der Waals surface area contributed by atoms with Gasteiger partial charge >= 0.3 is 0 Å². The summed E-state index contributed by atoms with van der Waals surface area (Å²) in [6.07, 6.45) is 1.92. The van der Waals surface area contributed by atoms with E-state index in [9.17, 15) is 0 Å². The van der Waals surface area contributed by atoms with Crippen LogP contribution in [0.25, 0.3) is 0 Å². The van der Waals surface area contributed by atoms with Gasteiger partial charge in [-0.2, -0.15) is 0 Å². The van der Waals surface area contributed by atoms with E-state index >= 15 is 0 Å². The van der Waals surface area contributed by atoms with E-state index in [1.54, 1.807) is 0 Å². The molecule has 0 aromatic rings. The van der Waals surface area contributed by atoms with Crippen LogP contribution < -0.4 is 5.32 Å². The Bertz CT molecular complexity index is 139. The summed E-state index contributed by atoms with van der Waals surface area (Å²) in [5, 5.41) is 7.73. The summed E-state index contributed by atoms with van der Waals surface area (Å²) in [5.74, 6) is 0. The van der Waals surface area contributed by atoms with Gasteiger partial charge in [-0.15, -0.1) is 0 Å². The number of hydrazine groups is 1. The van der Waals surface area contributed by atoms with Crippen molar-refractivity contribution in [3.05, 3.63) is 0 Å². The van der Waals surface area contributed by atoms with Gasteiger partial charge in [-0.05, 0) is 0 Å². The molecule has 0 aromatic carbocycles. The maximum absolute atomic E-state index is 4.14. The average Bonchev–Trinajstić information content (AvgIpc) is 2.59. The maximum Gasteiger partial charge on any atom is 0.0996 e. The second-order valence-electron chi connectivity index (χ2n) is 2.57. The molecule has 0 aromatic heterocycles. The van der Waals surface area contributed by atoms with Gasteiger partial charge in [0.2, 0.25) is 0 Å². The highest BCUT2D eigenvalue weighted by Gasteiger charge is 2.17. The van der Waals surface area contributed by atoms with E-state index in [4.69, 9.17) is 0 Å². The molecule has 1 saturated heterocycles. The fraction of sp³-hybridized carbons (Fsp3) is 0.833. The molecule has 4 heteroatoms. The smallest absolute Gasteiger partial charge is 0.0996 e. The van der Waals surface area contributed by atoms with Crippen LogP contribution in [-0.4, -0.2) is 49.2 Å². The Labute approximate surface area is 60.5 Å². The zero-order valence-corrected chi connectivity index (χ0v) is 5.95. The van der Waals surface area contributed by atoms with Gasteiger partial charge in [0.15, 0.2) is 0 Å².